The van der Waals surface area contributed by atoms with Gasteiger partial charge in [0, 0.05) is 31.1 Å². The summed E-state index contributed by atoms with van der Waals surface area (Å²) in [6.45, 7) is 5.22. The van der Waals surface area contributed by atoms with E-state index < -0.39 is 23.6 Å². The van der Waals surface area contributed by atoms with Crippen LogP contribution in [0.5, 0.6) is 0 Å². The van der Waals surface area contributed by atoms with Crippen molar-refractivity contribution in [3.05, 3.63) is 47.2 Å². The van der Waals surface area contributed by atoms with E-state index in [4.69, 9.17) is 4.74 Å². The molecule has 0 fully saturated rings. The highest BCUT2D eigenvalue weighted by Crippen LogP contribution is 2.30. The van der Waals surface area contributed by atoms with Crippen LogP contribution in [0.1, 0.15) is 37.6 Å². The number of hydrogen-bond donors (Lipinski definition) is 2. The van der Waals surface area contributed by atoms with Crippen LogP contribution in [0.3, 0.4) is 0 Å². The molecule has 2 N–H and O–H groups in total. The predicted molar refractivity (Wildman–Crippen MR) is 98.6 cm³/mol. The van der Waals surface area contributed by atoms with Crippen LogP contribution < -0.4 is 10.4 Å². The summed E-state index contributed by atoms with van der Waals surface area (Å²) in [5.41, 5.74) is 2.00. The number of alkyl carbamates (subject to hydrolysis) is 1. The zero-order valence-electron chi connectivity index (χ0n) is 15.9. The number of nitrogens with one attached hydrogen (secondary N) is 1. The number of fused-ring (bicyclic) bond motifs is 1. The number of carbonyl (C=O) groups excluding carboxylic acids is 2. The van der Waals surface area contributed by atoms with Gasteiger partial charge in [0.15, 0.2) is 5.82 Å². The van der Waals surface area contributed by atoms with E-state index in [2.05, 4.69) is 10.4 Å². The van der Waals surface area contributed by atoms with Gasteiger partial charge >= 0.3 is 6.09 Å². The van der Waals surface area contributed by atoms with Gasteiger partial charge in [-0.3, -0.25) is 14.7 Å². The van der Waals surface area contributed by atoms with Crippen molar-refractivity contribution in [1.29, 1.82) is 0 Å². The van der Waals surface area contributed by atoms with Crippen LogP contribution in [0.2, 0.25) is 0 Å². The Hall–Kier alpha value is -2.87. The number of ether oxygens (including phenoxy) is 1. The Labute approximate surface area is 157 Å². The van der Waals surface area contributed by atoms with Crippen LogP contribution in [-0.4, -0.2) is 38.6 Å². The Morgan fingerprint density at radius 1 is 1.33 bits per heavy atom. The molecule has 1 aliphatic rings. The zero-order valence-corrected chi connectivity index (χ0v) is 15.9. The minimum Gasteiger partial charge on any atom is -0.444 e. The lowest BCUT2D eigenvalue weighted by molar-refractivity contribution is -0.126. The first kappa shape index (κ1) is 18.9. The molecule has 27 heavy (non-hydrogen) atoms. The Balaban J connectivity index is 1.86. The number of anilines is 1. The molecule has 0 spiro atoms. The molecule has 0 saturated carbocycles. The van der Waals surface area contributed by atoms with Gasteiger partial charge in [0.05, 0.1) is 0 Å². The van der Waals surface area contributed by atoms with Gasteiger partial charge in [0.2, 0.25) is 0 Å². The first-order valence-corrected chi connectivity index (χ1v) is 8.77. The lowest BCUT2D eigenvalue weighted by Gasteiger charge is -2.28. The molecule has 8 heteroatoms. The third-order valence-corrected chi connectivity index (χ3v) is 4.27. The normalized spacial score (nSPS) is 16.9. The first-order valence-electron chi connectivity index (χ1n) is 8.77. The maximum absolute atomic E-state index is 12.4. The van der Waals surface area contributed by atoms with Crippen molar-refractivity contribution in [2.45, 2.75) is 45.3 Å². The molecule has 1 aromatic heterocycles. The largest absolute Gasteiger partial charge is 0.444 e. The van der Waals surface area contributed by atoms with Gasteiger partial charge in [-0.05, 0) is 26.3 Å². The van der Waals surface area contributed by atoms with Crippen molar-refractivity contribution >= 4 is 17.8 Å². The number of aromatic nitrogens is 2. The summed E-state index contributed by atoms with van der Waals surface area (Å²) in [6.07, 6.45) is 0.132. The molecule has 1 aliphatic heterocycles. The predicted octanol–water partition coefficient (Wildman–Crippen LogP) is 2.18. The SMILES string of the molecule is Cn1nc2c(c1Cc1ccccc1)C[C@H](NC(=O)OC(C)(C)C)C(=O)N2O. The number of amides is 2. The standard InChI is InChI=1S/C19H24N4O4/c1-19(2,3)27-18(25)20-14-11-13-15(10-12-8-6-5-7-9-12)22(4)21-16(13)23(26)17(14)24/h5-9,14,26H,10-11H2,1-4H3,(H,20,25)/t14-/m0/s1. The van der Waals surface area contributed by atoms with Crippen LogP contribution in [0.15, 0.2) is 30.3 Å². The summed E-state index contributed by atoms with van der Waals surface area (Å²) in [4.78, 5) is 24.5. The van der Waals surface area contributed by atoms with Crippen molar-refractivity contribution in [3.63, 3.8) is 0 Å². The average molecular weight is 372 g/mol. The minimum atomic E-state index is -0.920. The molecule has 0 bridgehead atoms. The van der Waals surface area contributed by atoms with E-state index in [1.165, 1.54) is 0 Å². The van der Waals surface area contributed by atoms with Gasteiger partial charge in [-0.25, -0.2) is 4.79 Å². The molecular formula is C19H24N4O4. The maximum atomic E-state index is 12.4. The molecule has 3 rings (SSSR count). The second-order valence-electron chi connectivity index (χ2n) is 7.59. The van der Waals surface area contributed by atoms with E-state index in [-0.39, 0.29) is 12.2 Å². The van der Waals surface area contributed by atoms with Crippen molar-refractivity contribution < 1.29 is 19.5 Å². The Morgan fingerprint density at radius 2 is 2.00 bits per heavy atom. The summed E-state index contributed by atoms with van der Waals surface area (Å²) in [7, 11) is 1.77. The number of hydroxylamine groups is 1. The monoisotopic (exact) mass is 372 g/mol. The lowest BCUT2D eigenvalue weighted by Crippen LogP contribution is -2.52. The third kappa shape index (κ3) is 4.11. The molecule has 1 atom stereocenters. The van der Waals surface area contributed by atoms with Gasteiger partial charge in [-0.2, -0.15) is 10.2 Å². The molecule has 0 saturated heterocycles. The highest BCUT2D eigenvalue weighted by atomic mass is 16.6. The minimum absolute atomic E-state index is 0.204. The van der Waals surface area contributed by atoms with Gasteiger partial charge < -0.3 is 10.1 Å². The molecular weight excluding hydrogens is 348 g/mol. The van der Waals surface area contributed by atoms with E-state index in [1.54, 1.807) is 32.5 Å². The lowest BCUT2D eigenvalue weighted by atomic mass is 9.97. The molecule has 144 valence electrons. The van der Waals surface area contributed by atoms with Crippen molar-refractivity contribution in [2.24, 2.45) is 7.05 Å². The fraction of sp³-hybridized carbons (Fsp3) is 0.421. The first-order chi connectivity index (χ1) is 12.7. The van der Waals surface area contributed by atoms with Crippen LogP contribution in [-0.2, 0) is 29.4 Å². The van der Waals surface area contributed by atoms with Gasteiger partial charge in [-0.1, -0.05) is 30.3 Å². The van der Waals surface area contributed by atoms with Crippen LogP contribution >= 0.6 is 0 Å². The molecule has 2 aromatic rings. The molecule has 1 aromatic carbocycles. The molecule has 0 aliphatic carbocycles. The number of benzene rings is 1. The number of aryl methyl sites for hydroxylation is 1. The van der Waals surface area contributed by atoms with Gasteiger partial charge in [0.25, 0.3) is 5.91 Å². The second-order valence-corrected chi connectivity index (χ2v) is 7.59. The van der Waals surface area contributed by atoms with E-state index >= 15 is 0 Å². The van der Waals surface area contributed by atoms with Crippen molar-refractivity contribution in [1.82, 2.24) is 15.1 Å². The summed E-state index contributed by atoms with van der Waals surface area (Å²) in [5.74, 6) is -0.437. The highest BCUT2D eigenvalue weighted by molar-refractivity contribution is 5.99. The zero-order chi connectivity index (χ0) is 19.8. The van der Waals surface area contributed by atoms with Gasteiger partial charge in [0.1, 0.15) is 11.6 Å². The van der Waals surface area contributed by atoms with Crippen molar-refractivity contribution in [3.8, 4) is 0 Å². The quantitative estimate of drug-likeness (QED) is 0.805. The van der Waals surface area contributed by atoms with E-state index in [9.17, 15) is 14.8 Å². The van der Waals surface area contributed by atoms with Crippen molar-refractivity contribution in [2.75, 3.05) is 5.06 Å². The number of nitrogens with zero attached hydrogens (tertiary/aromatic N) is 3. The smallest absolute Gasteiger partial charge is 0.408 e. The number of hydrogen-bond acceptors (Lipinski definition) is 5. The summed E-state index contributed by atoms with van der Waals surface area (Å²) < 4.78 is 6.88. The second kappa shape index (κ2) is 7.03. The van der Waals surface area contributed by atoms with E-state index in [1.807, 2.05) is 30.3 Å². The van der Waals surface area contributed by atoms with Crippen LogP contribution in [0.25, 0.3) is 0 Å². The number of rotatable bonds is 3. The van der Waals surface area contributed by atoms with E-state index in [0.29, 0.717) is 11.5 Å². The van der Waals surface area contributed by atoms with Gasteiger partial charge in [-0.15, -0.1) is 0 Å². The number of carbonyl (C=O) groups is 2. The summed E-state index contributed by atoms with van der Waals surface area (Å²) in [6, 6.07) is 8.92. The summed E-state index contributed by atoms with van der Waals surface area (Å²) in [5, 5.41) is 17.6. The topological polar surface area (TPSA) is 96.7 Å². The molecule has 2 amide bonds. The average Bonchev–Trinajstić information content (AvgIpc) is 2.88. The fourth-order valence-corrected chi connectivity index (χ4v) is 3.08. The van der Waals surface area contributed by atoms with E-state index in [0.717, 1.165) is 16.8 Å². The Bertz CT molecular complexity index is 855. The molecule has 2 heterocycles. The fourth-order valence-electron chi connectivity index (χ4n) is 3.08. The maximum Gasteiger partial charge on any atom is 0.408 e. The third-order valence-electron chi connectivity index (χ3n) is 4.27. The van der Waals surface area contributed by atoms with Crippen LogP contribution in [0.4, 0.5) is 10.6 Å². The Morgan fingerprint density at radius 3 is 2.63 bits per heavy atom. The highest BCUT2D eigenvalue weighted by Gasteiger charge is 2.38. The molecule has 0 radical (unpaired) electrons. The Kier molecular flexibility index (Phi) is 4.93. The molecule has 8 nitrogen and oxygen atoms in total. The summed E-state index contributed by atoms with van der Waals surface area (Å²) >= 11 is 0. The molecule has 0 unspecified atom stereocenters. The van der Waals surface area contributed by atoms with Crippen LogP contribution in [0, 0.1) is 0 Å².